The van der Waals surface area contributed by atoms with E-state index in [1.165, 1.54) is 0 Å². The highest BCUT2D eigenvalue weighted by molar-refractivity contribution is 9.10. The van der Waals surface area contributed by atoms with Crippen molar-refractivity contribution in [3.8, 4) is 5.75 Å². The molecule has 0 atom stereocenters. The minimum absolute atomic E-state index is 0.0594. The van der Waals surface area contributed by atoms with Crippen molar-refractivity contribution in [3.05, 3.63) is 27.2 Å². The van der Waals surface area contributed by atoms with Gasteiger partial charge in [0.05, 0.1) is 4.47 Å². The van der Waals surface area contributed by atoms with Crippen LogP contribution < -0.4 is 0 Å². The Morgan fingerprint density at radius 2 is 1.92 bits per heavy atom. The average molecular weight is 245 g/mol. The van der Waals surface area contributed by atoms with Crippen molar-refractivity contribution in [3.63, 3.8) is 0 Å². The van der Waals surface area contributed by atoms with Crippen molar-refractivity contribution in [1.29, 1.82) is 0 Å². The van der Waals surface area contributed by atoms with Gasteiger partial charge in [-0.05, 0) is 47.3 Å². The molecule has 0 fully saturated rings. The highest BCUT2D eigenvalue weighted by Gasteiger charge is 2.10. The highest BCUT2D eigenvalue weighted by atomic mass is 79.9. The van der Waals surface area contributed by atoms with Crippen molar-refractivity contribution in [2.45, 2.75) is 20.3 Å². The lowest BCUT2D eigenvalue weighted by molar-refractivity contribution is 0.297. The molecule has 3 heteroatoms. The van der Waals surface area contributed by atoms with E-state index in [1.54, 1.807) is 0 Å². The van der Waals surface area contributed by atoms with Gasteiger partial charge < -0.3 is 10.2 Å². The summed E-state index contributed by atoms with van der Waals surface area (Å²) in [5, 5.41) is 18.5. The number of hydrogen-bond donors (Lipinski definition) is 2. The third kappa shape index (κ3) is 2.03. The van der Waals surface area contributed by atoms with Crippen LogP contribution in [-0.2, 0) is 6.42 Å². The molecule has 1 aromatic rings. The van der Waals surface area contributed by atoms with Crippen LogP contribution in [0.5, 0.6) is 5.75 Å². The molecule has 0 radical (unpaired) electrons. The van der Waals surface area contributed by atoms with Gasteiger partial charge in [0.15, 0.2) is 0 Å². The summed E-state index contributed by atoms with van der Waals surface area (Å²) in [6.07, 6.45) is 0.497. The molecule has 1 aromatic carbocycles. The van der Waals surface area contributed by atoms with Gasteiger partial charge in [-0.3, -0.25) is 0 Å². The lowest BCUT2D eigenvalue weighted by Crippen LogP contribution is -1.96. The monoisotopic (exact) mass is 244 g/mol. The first-order valence-electron chi connectivity index (χ1n) is 4.16. The van der Waals surface area contributed by atoms with Gasteiger partial charge >= 0.3 is 0 Å². The molecule has 0 unspecified atom stereocenters. The first kappa shape index (κ1) is 10.5. The minimum Gasteiger partial charge on any atom is -0.506 e. The molecule has 1 rings (SSSR count). The van der Waals surface area contributed by atoms with Crippen LogP contribution in [0, 0.1) is 13.8 Å². The van der Waals surface area contributed by atoms with E-state index in [4.69, 9.17) is 5.11 Å². The standard InChI is InChI=1S/C10H13BrO2/c1-6-5-7(2)9(11)10(13)8(6)3-4-12/h5,12-13H,3-4H2,1-2H3. The molecule has 0 aromatic heterocycles. The fourth-order valence-electron chi connectivity index (χ4n) is 1.41. The van der Waals surface area contributed by atoms with E-state index in [-0.39, 0.29) is 12.4 Å². The first-order chi connectivity index (χ1) is 6.07. The molecule has 2 N–H and O–H groups in total. The van der Waals surface area contributed by atoms with Crippen molar-refractivity contribution in [2.75, 3.05) is 6.61 Å². The van der Waals surface area contributed by atoms with Crippen molar-refractivity contribution >= 4 is 15.9 Å². The lowest BCUT2D eigenvalue weighted by atomic mass is 10.0. The van der Waals surface area contributed by atoms with E-state index >= 15 is 0 Å². The Balaban J connectivity index is 3.26. The first-order valence-corrected chi connectivity index (χ1v) is 4.95. The quantitative estimate of drug-likeness (QED) is 0.839. The molecule has 0 saturated carbocycles. The molecule has 72 valence electrons. The molecular formula is C10H13BrO2. The molecule has 0 bridgehead atoms. The summed E-state index contributed by atoms with van der Waals surface area (Å²) in [5.41, 5.74) is 2.85. The number of aromatic hydroxyl groups is 1. The summed E-state index contributed by atoms with van der Waals surface area (Å²) in [7, 11) is 0. The zero-order chi connectivity index (χ0) is 10.0. The average Bonchev–Trinajstić information content (AvgIpc) is 2.09. The fourth-order valence-corrected chi connectivity index (χ4v) is 1.76. The van der Waals surface area contributed by atoms with E-state index in [0.29, 0.717) is 6.42 Å². The summed E-state index contributed by atoms with van der Waals surface area (Å²) in [4.78, 5) is 0. The van der Waals surface area contributed by atoms with Gasteiger partial charge in [0.2, 0.25) is 0 Å². The summed E-state index contributed by atoms with van der Waals surface area (Å²) >= 11 is 3.30. The van der Waals surface area contributed by atoms with Crippen LogP contribution in [0.1, 0.15) is 16.7 Å². The molecule has 0 spiro atoms. The molecule has 2 nitrogen and oxygen atoms in total. The number of aliphatic hydroxyl groups is 1. The second kappa shape index (κ2) is 4.11. The Morgan fingerprint density at radius 1 is 1.31 bits per heavy atom. The smallest absolute Gasteiger partial charge is 0.133 e. The van der Waals surface area contributed by atoms with Gasteiger partial charge in [-0.2, -0.15) is 0 Å². The lowest BCUT2D eigenvalue weighted by Gasteiger charge is -2.11. The van der Waals surface area contributed by atoms with Crippen molar-refractivity contribution < 1.29 is 10.2 Å². The van der Waals surface area contributed by atoms with E-state index in [1.807, 2.05) is 19.9 Å². The largest absolute Gasteiger partial charge is 0.506 e. The number of aryl methyl sites for hydroxylation is 2. The molecule has 0 aliphatic carbocycles. The van der Waals surface area contributed by atoms with Crippen LogP contribution in [0.3, 0.4) is 0 Å². The Hall–Kier alpha value is -0.540. The van der Waals surface area contributed by atoms with Crippen LogP contribution in [0.4, 0.5) is 0 Å². The molecule has 0 saturated heterocycles. The molecule has 0 amide bonds. The van der Waals surface area contributed by atoms with Crippen molar-refractivity contribution in [2.24, 2.45) is 0 Å². The molecule has 0 aliphatic rings. The number of rotatable bonds is 2. The van der Waals surface area contributed by atoms with Gasteiger partial charge in [0.25, 0.3) is 0 Å². The number of phenolic OH excluding ortho intramolecular Hbond substituents is 1. The number of benzene rings is 1. The van der Waals surface area contributed by atoms with Crippen LogP contribution in [-0.4, -0.2) is 16.8 Å². The second-order valence-corrected chi connectivity index (χ2v) is 3.92. The minimum atomic E-state index is 0.0594. The van der Waals surface area contributed by atoms with Crippen LogP contribution in [0.2, 0.25) is 0 Å². The van der Waals surface area contributed by atoms with E-state index < -0.39 is 0 Å². The van der Waals surface area contributed by atoms with E-state index in [9.17, 15) is 5.11 Å². The highest BCUT2D eigenvalue weighted by Crippen LogP contribution is 2.33. The predicted molar refractivity (Wildman–Crippen MR) is 56.1 cm³/mol. The van der Waals surface area contributed by atoms with Crippen molar-refractivity contribution in [1.82, 2.24) is 0 Å². The Morgan fingerprint density at radius 3 is 2.46 bits per heavy atom. The van der Waals surface area contributed by atoms with Crippen LogP contribution >= 0.6 is 15.9 Å². The Bertz CT molecular complexity index is 321. The number of aliphatic hydroxyl groups excluding tert-OH is 1. The topological polar surface area (TPSA) is 40.5 Å². The summed E-state index contributed by atoms with van der Waals surface area (Å²) in [6, 6.07) is 1.99. The van der Waals surface area contributed by atoms with Crippen LogP contribution in [0.25, 0.3) is 0 Å². The fraction of sp³-hybridized carbons (Fsp3) is 0.400. The summed E-state index contributed by atoms with van der Waals surface area (Å²) < 4.78 is 0.724. The molecule has 13 heavy (non-hydrogen) atoms. The zero-order valence-corrected chi connectivity index (χ0v) is 9.35. The maximum Gasteiger partial charge on any atom is 0.133 e. The van der Waals surface area contributed by atoms with E-state index in [2.05, 4.69) is 15.9 Å². The maximum absolute atomic E-state index is 9.73. The third-order valence-corrected chi connectivity index (χ3v) is 3.11. The zero-order valence-electron chi connectivity index (χ0n) is 7.76. The Labute approximate surface area is 86.3 Å². The maximum atomic E-state index is 9.73. The normalized spacial score (nSPS) is 10.5. The molecule has 0 aliphatic heterocycles. The van der Waals surface area contributed by atoms with Gasteiger partial charge in [0, 0.05) is 12.2 Å². The SMILES string of the molecule is Cc1cc(C)c(CCO)c(O)c1Br. The summed E-state index contributed by atoms with van der Waals surface area (Å²) in [5.74, 6) is 0.256. The van der Waals surface area contributed by atoms with Gasteiger partial charge in [-0.25, -0.2) is 0 Å². The Kier molecular flexibility index (Phi) is 3.33. The number of halogens is 1. The molecular weight excluding hydrogens is 232 g/mol. The summed E-state index contributed by atoms with van der Waals surface area (Å²) in [6.45, 7) is 3.92. The number of hydrogen-bond acceptors (Lipinski definition) is 2. The molecule has 0 heterocycles. The second-order valence-electron chi connectivity index (χ2n) is 3.13. The van der Waals surface area contributed by atoms with Gasteiger partial charge in [0.1, 0.15) is 5.75 Å². The van der Waals surface area contributed by atoms with E-state index in [0.717, 1.165) is 21.2 Å². The van der Waals surface area contributed by atoms with Gasteiger partial charge in [-0.1, -0.05) is 6.07 Å². The predicted octanol–water partition coefficient (Wildman–Crippen LogP) is 2.31. The third-order valence-electron chi connectivity index (χ3n) is 2.11. The van der Waals surface area contributed by atoms with Gasteiger partial charge in [-0.15, -0.1) is 0 Å². The van der Waals surface area contributed by atoms with Crippen LogP contribution in [0.15, 0.2) is 10.5 Å². The number of phenols is 1.